The van der Waals surface area contributed by atoms with Gasteiger partial charge in [-0.3, -0.25) is 0 Å². The highest BCUT2D eigenvalue weighted by molar-refractivity contribution is 5.92. The number of rotatable bonds is 6. The summed E-state index contributed by atoms with van der Waals surface area (Å²) < 4.78 is 10.8. The van der Waals surface area contributed by atoms with Crippen molar-refractivity contribution in [1.82, 2.24) is 0 Å². The fraction of sp³-hybridized carbons (Fsp3) is 0.350. The van der Waals surface area contributed by atoms with E-state index < -0.39 is 0 Å². The number of methoxy groups -OCH3 is 1. The topological polar surface area (TPSA) is 68.9 Å². The minimum absolute atomic E-state index is 0.143. The highest BCUT2D eigenvalue weighted by Gasteiger charge is 2.12. The molecule has 0 aromatic heterocycles. The van der Waals surface area contributed by atoms with Crippen molar-refractivity contribution in [2.45, 2.75) is 26.2 Å². The van der Waals surface area contributed by atoms with Crippen LogP contribution >= 0.6 is 0 Å². The number of hydrogen-bond acceptors (Lipinski definition) is 3. The van der Waals surface area contributed by atoms with Crippen molar-refractivity contribution in [2.24, 2.45) is 10.7 Å². The number of hydrogen-bond donors (Lipinski definition) is 2. The first kappa shape index (κ1) is 18.6. The Morgan fingerprint density at radius 2 is 1.60 bits per heavy atom. The Morgan fingerprint density at radius 1 is 1.00 bits per heavy atom. The molecule has 0 spiro atoms. The summed E-state index contributed by atoms with van der Waals surface area (Å²) in [5.41, 5.74) is 8.16. The summed E-state index contributed by atoms with van der Waals surface area (Å²) in [6, 6.07) is 15.7. The molecule has 3 N–H and O–H groups in total. The first-order valence-corrected chi connectivity index (χ1v) is 8.33. The number of benzene rings is 2. The summed E-state index contributed by atoms with van der Waals surface area (Å²) in [6.07, 6.45) is 0. The molecule has 0 amide bonds. The maximum Gasteiger partial charge on any atom is 0.193 e. The van der Waals surface area contributed by atoms with Gasteiger partial charge < -0.3 is 20.5 Å². The van der Waals surface area contributed by atoms with E-state index in [1.807, 2.05) is 36.4 Å². The van der Waals surface area contributed by atoms with Crippen LogP contribution < -0.4 is 20.5 Å². The monoisotopic (exact) mass is 341 g/mol. The number of ether oxygens (including phenoxy) is 2. The molecule has 0 radical (unpaired) electrons. The maximum atomic E-state index is 5.88. The molecule has 2 aromatic carbocycles. The van der Waals surface area contributed by atoms with Gasteiger partial charge in [-0.25, -0.2) is 4.99 Å². The summed E-state index contributed by atoms with van der Waals surface area (Å²) >= 11 is 0. The molecule has 5 heteroatoms. The number of aliphatic imine (C=N–C) groups is 1. The van der Waals surface area contributed by atoms with Crippen molar-refractivity contribution in [3.63, 3.8) is 0 Å². The number of anilines is 1. The minimum atomic E-state index is 0.143. The van der Waals surface area contributed by atoms with Crippen molar-refractivity contribution in [2.75, 3.05) is 25.6 Å². The highest BCUT2D eigenvalue weighted by atomic mass is 16.5. The maximum absolute atomic E-state index is 5.88. The molecule has 0 aliphatic carbocycles. The van der Waals surface area contributed by atoms with Crippen LogP contribution in [0.15, 0.2) is 53.5 Å². The molecular formula is C20H27N3O2. The molecular weight excluding hydrogens is 314 g/mol. The van der Waals surface area contributed by atoms with E-state index in [1.165, 1.54) is 5.56 Å². The summed E-state index contributed by atoms with van der Waals surface area (Å²) in [5, 5.41) is 3.03. The van der Waals surface area contributed by atoms with Crippen LogP contribution in [0.1, 0.15) is 26.3 Å². The second kappa shape index (κ2) is 8.42. The SMILES string of the molecule is COc1ccc(NC(N)=NCCOc2ccc(C(C)(C)C)cc2)cc1. The van der Waals surface area contributed by atoms with Crippen LogP contribution in [0.4, 0.5) is 5.69 Å². The molecule has 0 saturated heterocycles. The molecule has 25 heavy (non-hydrogen) atoms. The van der Waals surface area contributed by atoms with E-state index in [0.717, 1.165) is 17.2 Å². The Kier molecular flexibility index (Phi) is 6.28. The lowest BCUT2D eigenvalue weighted by molar-refractivity contribution is 0.328. The summed E-state index contributed by atoms with van der Waals surface area (Å²) in [4.78, 5) is 4.26. The average Bonchev–Trinajstić information content (AvgIpc) is 2.59. The third kappa shape index (κ3) is 6.03. The Morgan fingerprint density at radius 3 is 2.16 bits per heavy atom. The standard InChI is InChI=1S/C20H27N3O2/c1-20(2,3)15-5-9-18(10-6-15)25-14-13-22-19(21)23-16-7-11-17(24-4)12-8-16/h5-12H,13-14H2,1-4H3,(H3,21,22,23). The number of nitrogens with zero attached hydrogens (tertiary/aromatic N) is 1. The van der Waals surface area contributed by atoms with Crippen molar-refractivity contribution < 1.29 is 9.47 Å². The van der Waals surface area contributed by atoms with E-state index in [1.54, 1.807) is 7.11 Å². The van der Waals surface area contributed by atoms with Gasteiger partial charge in [-0.1, -0.05) is 32.9 Å². The minimum Gasteiger partial charge on any atom is -0.497 e. The zero-order valence-electron chi connectivity index (χ0n) is 15.4. The van der Waals surface area contributed by atoms with E-state index in [2.05, 4.69) is 43.2 Å². The van der Waals surface area contributed by atoms with Crippen LogP contribution in [0.2, 0.25) is 0 Å². The molecule has 0 aliphatic heterocycles. The molecule has 5 nitrogen and oxygen atoms in total. The molecule has 0 aliphatic rings. The quantitative estimate of drug-likeness (QED) is 0.476. The Labute approximate surface area is 149 Å². The van der Waals surface area contributed by atoms with E-state index in [9.17, 15) is 0 Å². The van der Waals surface area contributed by atoms with E-state index in [-0.39, 0.29) is 5.41 Å². The molecule has 2 aromatic rings. The van der Waals surface area contributed by atoms with E-state index >= 15 is 0 Å². The van der Waals surface area contributed by atoms with Gasteiger partial charge in [0.25, 0.3) is 0 Å². The molecule has 0 bridgehead atoms. The highest BCUT2D eigenvalue weighted by Crippen LogP contribution is 2.24. The molecule has 0 atom stereocenters. The fourth-order valence-electron chi connectivity index (χ4n) is 2.24. The zero-order chi connectivity index (χ0) is 18.3. The summed E-state index contributed by atoms with van der Waals surface area (Å²) in [5.74, 6) is 1.99. The first-order chi connectivity index (χ1) is 11.9. The Hall–Kier alpha value is -2.69. The van der Waals surface area contributed by atoms with Crippen molar-refractivity contribution in [1.29, 1.82) is 0 Å². The number of nitrogens with two attached hydrogens (primary N) is 1. The van der Waals surface area contributed by atoms with Crippen molar-refractivity contribution in [3.05, 3.63) is 54.1 Å². The van der Waals surface area contributed by atoms with Crippen LogP contribution in [-0.2, 0) is 5.41 Å². The molecule has 0 heterocycles. The zero-order valence-corrected chi connectivity index (χ0v) is 15.4. The number of guanidine groups is 1. The van der Waals surface area contributed by atoms with E-state index in [4.69, 9.17) is 15.2 Å². The van der Waals surface area contributed by atoms with Crippen molar-refractivity contribution >= 4 is 11.6 Å². The van der Waals surface area contributed by atoms with Gasteiger partial charge in [0.15, 0.2) is 5.96 Å². The predicted octanol–water partition coefficient (Wildman–Crippen LogP) is 3.80. The molecule has 2 rings (SSSR count). The normalized spacial score (nSPS) is 11.9. The molecule has 0 unspecified atom stereocenters. The summed E-state index contributed by atoms with van der Waals surface area (Å²) in [7, 11) is 1.63. The average molecular weight is 341 g/mol. The summed E-state index contributed by atoms with van der Waals surface area (Å²) in [6.45, 7) is 7.53. The van der Waals surface area contributed by atoms with Gasteiger partial charge >= 0.3 is 0 Å². The predicted molar refractivity (Wildman–Crippen MR) is 104 cm³/mol. The smallest absolute Gasteiger partial charge is 0.193 e. The van der Waals surface area contributed by atoms with E-state index in [0.29, 0.717) is 19.1 Å². The van der Waals surface area contributed by atoms with Gasteiger partial charge in [0, 0.05) is 5.69 Å². The van der Waals surface area contributed by atoms with Crippen LogP contribution in [0.5, 0.6) is 11.5 Å². The van der Waals surface area contributed by atoms with Crippen LogP contribution in [0, 0.1) is 0 Å². The molecule has 0 fully saturated rings. The Bertz CT molecular complexity index is 686. The third-order valence-corrected chi connectivity index (χ3v) is 3.72. The van der Waals surface area contributed by atoms with Crippen LogP contribution in [0.25, 0.3) is 0 Å². The molecule has 134 valence electrons. The van der Waals surface area contributed by atoms with Gasteiger partial charge in [0.2, 0.25) is 0 Å². The second-order valence-corrected chi connectivity index (χ2v) is 6.74. The third-order valence-electron chi connectivity index (χ3n) is 3.72. The lowest BCUT2D eigenvalue weighted by Crippen LogP contribution is -2.23. The van der Waals surface area contributed by atoms with Gasteiger partial charge in [0.05, 0.1) is 13.7 Å². The lowest BCUT2D eigenvalue weighted by atomic mass is 9.87. The largest absolute Gasteiger partial charge is 0.497 e. The van der Waals surface area contributed by atoms with Gasteiger partial charge in [-0.05, 0) is 47.4 Å². The Balaban J connectivity index is 1.78. The van der Waals surface area contributed by atoms with Gasteiger partial charge in [0.1, 0.15) is 18.1 Å². The lowest BCUT2D eigenvalue weighted by Gasteiger charge is -2.19. The van der Waals surface area contributed by atoms with Gasteiger partial charge in [-0.2, -0.15) is 0 Å². The fourth-order valence-corrected chi connectivity index (χ4v) is 2.24. The van der Waals surface area contributed by atoms with Gasteiger partial charge in [-0.15, -0.1) is 0 Å². The molecule has 0 saturated carbocycles. The number of nitrogens with one attached hydrogen (secondary N) is 1. The second-order valence-electron chi connectivity index (χ2n) is 6.74. The van der Waals surface area contributed by atoms with Crippen LogP contribution in [-0.4, -0.2) is 26.2 Å². The van der Waals surface area contributed by atoms with Crippen molar-refractivity contribution in [3.8, 4) is 11.5 Å². The van der Waals surface area contributed by atoms with Crippen LogP contribution in [0.3, 0.4) is 0 Å². The first-order valence-electron chi connectivity index (χ1n) is 8.33.